The lowest BCUT2D eigenvalue weighted by atomic mass is 10.1. The summed E-state index contributed by atoms with van der Waals surface area (Å²) in [4.78, 5) is 44.1. The van der Waals surface area contributed by atoms with Crippen molar-refractivity contribution < 1.29 is 23.7 Å². The number of ether oxygens (including phenoxy) is 1. The summed E-state index contributed by atoms with van der Waals surface area (Å²) in [6, 6.07) is 0.530. The number of urea groups is 1. The van der Waals surface area contributed by atoms with E-state index in [1.165, 1.54) is 12.0 Å². The van der Waals surface area contributed by atoms with Crippen LogP contribution in [0.15, 0.2) is 11.1 Å². The number of aliphatic imine (C=N–C) groups is 1. The van der Waals surface area contributed by atoms with Gasteiger partial charge in [-0.1, -0.05) is 11.9 Å². The van der Waals surface area contributed by atoms with Gasteiger partial charge in [0.15, 0.2) is 0 Å². The molecule has 0 aliphatic carbocycles. The highest BCUT2D eigenvalue weighted by Gasteiger charge is 2.53. The zero-order valence-corrected chi connectivity index (χ0v) is 16.1. The lowest BCUT2D eigenvalue weighted by Crippen LogP contribution is -2.63. The number of imide groups is 1. The fourth-order valence-corrected chi connectivity index (χ4v) is 3.32. The number of rotatable bonds is 4. The van der Waals surface area contributed by atoms with Crippen molar-refractivity contribution in [1.82, 2.24) is 19.6 Å². The number of carbonyl (C=O) groups is 3. The number of hydrogen-bond acceptors (Lipinski definition) is 6. The number of fused-ring (bicyclic) bond motifs is 1. The second-order valence-electron chi connectivity index (χ2n) is 6.55. The standard InChI is InChI=1S/C17H23N6O4/c1-6-7-21-13-14(18-16(21)23-11(3)8-10(2)19-23)20(4)17(26)22(15(13)25)9-12(24)27-5/h8,13H,6-7,9H2,1-5H3/q+1. The summed E-state index contributed by atoms with van der Waals surface area (Å²) >= 11 is 0. The first-order valence-electron chi connectivity index (χ1n) is 8.71. The van der Waals surface area contributed by atoms with Crippen LogP contribution in [0.5, 0.6) is 0 Å². The Balaban J connectivity index is 2.09. The van der Waals surface area contributed by atoms with E-state index < -0.39 is 30.5 Å². The number of amidine groups is 1. The normalized spacial score (nSPS) is 19.6. The number of nitrogens with zero attached hydrogens (tertiary/aromatic N) is 6. The van der Waals surface area contributed by atoms with Crippen molar-refractivity contribution in [2.45, 2.75) is 33.2 Å². The van der Waals surface area contributed by atoms with Crippen LogP contribution in [-0.2, 0) is 14.3 Å². The number of aryl methyl sites for hydroxylation is 2. The van der Waals surface area contributed by atoms with Gasteiger partial charge >= 0.3 is 18.0 Å². The lowest BCUT2D eigenvalue weighted by Gasteiger charge is -2.33. The smallest absolute Gasteiger partial charge is 0.421 e. The molecule has 1 aromatic rings. The summed E-state index contributed by atoms with van der Waals surface area (Å²) in [5.74, 6) is -0.321. The topological polar surface area (TPSA) is 100 Å². The minimum Gasteiger partial charge on any atom is -0.468 e. The molecule has 0 spiro atoms. The SMILES string of the molecule is CCC[N+]1=C(n2nc(C)cc2C)N=C2C1C(=O)N(CC(=O)OC)C(=O)N2C. The fraction of sp³-hybridized carbons (Fsp3) is 0.529. The number of likely N-dealkylation sites (N-methyl/N-ethyl adjacent to an activating group) is 1. The van der Waals surface area contributed by atoms with E-state index in [-0.39, 0.29) is 0 Å². The van der Waals surface area contributed by atoms with E-state index in [2.05, 4.69) is 14.8 Å². The highest BCUT2D eigenvalue weighted by Crippen LogP contribution is 2.21. The Hall–Kier alpha value is -3.04. The Morgan fingerprint density at radius 1 is 1.33 bits per heavy atom. The van der Waals surface area contributed by atoms with Crippen LogP contribution in [0.3, 0.4) is 0 Å². The summed E-state index contributed by atoms with van der Waals surface area (Å²) in [7, 11) is 2.75. The zero-order valence-electron chi connectivity index (χ0n) is 16.1. The molecule has 0 N–H and O–H groups in total. The van der Waals surface area contributed by atoms with E-state index in [0.717, 1.165) is 22.7 Å². The number of carbonyl (C=O) groups excluding carboxylic acids is 3. The summed E-state index contributed by atoms with van der Waals surface area (Å²) in [5, 5.41) is 4.46. The average molecular weight is 375 g/mol. The van der Waals surface area contributed by atoms with Crippen molar-refractivity contribution in [2.75, 3.05) is 27.2 Å². The van der Waals surface area contributed by atoms with Crippen LogP contribution in [0.4, 0.5) is 4.79 Å². The van der Waals surface area contributed by atoms with Gasteiger partial charge < -0.3 is 4.74 Å². The molecule has 2 aliphatic rings. The van der Waals surface area contributed by atoms with Gasteiger partial charge in [-0.05, 0) is 26.3 Å². The Kier molecular flexibility index (Phi) is 4.81. The molecule has 3 heterocycles. The zero-order chi connectivity index (χ0) is 19.9. The van der Waals surface area contributed by atoms with Crippen molar-refractivity contribution >= 4 is 29.7 Å². The maximum absolute atomic E-state index is 13.1. The summed E-state index contributed by atoms with van der Waals surface area (Å²) in [6.45, 7) is 5.88. The van der Waals surface area contributed by atoms with Gasteiger partial charge in [0.2, 0.25) is 11.9 Å². The number of methoxy groups -OCH3 is 1. The van der Waals surface area contributed by atoms with Crippen molar-refractivity contribution in [3.63, 3.8) is 0 Å². The van der Waals surface area contributed by atoms with Crippen molar-refractivity contribution in [3.8, 4) is 0 Å². The minimum absolute atomic E-state index is 0.335. The van der Waals surface area contributed by atoms with Gasteiger partial charge in [-0.3, -0.25) is 14.5 Å². The fourth-order valence-electron chi connectivity index (χ4n) is 3.32. The first kappa shape index (κ1) is 18.7. The third-order valence-corrected chi connectivity index (χ3v) is 4.57. The van der Waals surface area contributed by atoms with Gasteiger partial charge in [-0.15, -0.1) is 9.78 Å². The molecular formula is C17H23N6O4+. The number of aromatic nitrogens is 2. The number of amides is 3. The van der Waals surface area contributed by atoms with E-state index in [1.807, 2.05) is 31.4 Å². The van der Waals surface area contributed by atoms with Gasteiger partial charge in [0.25, 0.3) is 5.91 Å². The van der Waals surface area contributed by atoms with Crippen LogP contribution < -0.4 is 0 Å². The predicted octanol–water partition coefficient (Wildman–Crippen LogP) is -0.0258. The molecule has 1 saturated heterocycles. The number of esters is 1. The summed E-state index contributed by atoms with van der Waals surface area (Å²) in [6.07, 6.45) is 0.768. The highest BCUT2D eigenvalue weighted by atomic mass is 16.5. The minimum atomic E-state index is -0.781. The van der Waals surface area contributed by atoms with Gasteiger partial charge in [-0.25, -0.2) is 14.3 Å². The van der Waals surface area contributed by atoms with E-state index in [0.29, 0.717) is 18.3 Å². The monoisotopic (exact) mass is 375 g/mol. The maximum atomic E-state index is 13.1. The molecule has 1 atom stereocenters. The maximum Gasteiger partial charge on any atom is 0.421 e. The van der Waals surface area contributed by atoms with Gasteiger partial charge in [0, 0.05) is 7.05 Å². The second kappa shape index (κ2) is 6.93. The molecule has 27 heavy (non-hydrogen) atoms. The van der Waals surface area contributed by atoms with Gasteiger partial charge in [0.1, 0.15) is 12.2 Å². The molecule has 0 aromatic carbocycles. The molecule has 1 fully saturated rings. The van der Waals surface area contributed by atoms with Crippen molar-refractivity contribution in [3.05, 3.63) is 17.5 Å². The largest absolute Gasteiger partial charge is 0.468 e. The molecule has 0 saturated carbocycles. The van der Waals surface area contributed by atoms with Crippen LogP contribution in [0.2, 0.25) is 0 Å². The van der Waals surface area contributed by atoms with E-state index in [9.17, 15) is 14.4 Å². The Bertz CT molecular complexity index is 884. The molecular weight excluding hydrogens is 352 g/mol. The molecule has 10 nitrogen and oxygen atoms in total. The molecule has 3 amide bonds. The highest BCUT2D eigenvalue weighted by molar-refractivity contribution is 6.23. The number of hydrogen-bond donors (Lipinski definition) is 0. The van der Waals surface area contributed by atoms with E-state index in [1.54, 1.807) is 11.7 Å². The molecule has 10 heteroatoms. The molecule has 1 aromatic heterocycles. The van der Waals surface area contributed by atoms with Crippen LogP contribution in [0.25, 0.3) is 0 Å². The third-order valence-electron chi connectivity index (χ3n) is 4.57. The second-order valence-corrected chi connectivity index (χ2v) is 6.55. The Labute approximate surface area is 156 Å². The molecule has 0 radical (unpaired) electrons. The molecule has 2 aliphatic heterocycles. The van der Waals surface area contributed by atoms with Crippen LogP contribution >= 0.6 is 0 Å². The first-order chi connectivity index (χ1) is 12.8. The molecule has 1 unspecified atom stereocenters. The van der Waals surface area contributed by atoms with E-state index >= 15 is 0 Å². The molecule has 144 valence electrons. The average Bonchev–Trinajstić information content (AvgIpc) is 3.16. The van der Waals surface area contributed by atoms with Crippen LogP contribution in [-0.4, -0.2) is 87.1 Å². The van der Waals surface area contributed by atoms with Crippen LogP contribution in [0.1, 0.15) is 24.7 Å². The first-order valence-corrected chi connectivity index (χ1v) is 8.71. The summed E-state index contributed by atoms with van der Waals surface area (Å²) in [5.41, 5.74) is 1.70. The molecule has 0 bridgehead atoms. The van der Waals surface area contributed by atoms with E-state index in [4.69, 9.17) is 0 Å². The van der Waals surface area contributed by atoms with Crippen molar-refractivity contribution in [2.24, 2.45) is 4.99 Å². The lowest BCUT2D eigenvalue weighted by molar-refractivity contribution is -0.537. The Morgan fingerprint density at radius 2 is 2.04 bits per heavy atom. The van der Waals surface area contributed by atoms with Gasteiger partial charge in [0.05, 0.1) is 19.3 Å². The van der Waals surface area contributed by atoms with Crippen molar-refractivity contribution in [1.29, 1.82) is 0 Å². The summed E-state index contributed by atoms with van der Waals surface area (Å²) < 4.78 is 8.11. The third kappa shape index (κ3) is 3.00. The van der Waals surface area contributed by atoms with Gasteiger partial charge in [-0.2, -0.15) is 0 Å². The Morgan fingerprint density at radius 3 is 2.59 bits per heavy atom. The predicted molar refractivity (Wildman–Crippen MR) is 95.6 cm³/mol. The van der Waals surface area contributed by atoms with Crippen LogP contribution in [0, 0.1) is 13.8 Å². The molecule has 3 rings (SSSR count). The quantitative estimate of drug-likeness (QED) is 0.544.